The highest BCUT2D eigenvalue weighted by atomic mass is 16.5. The monoisotopic (exact) mass is 227 g/mol. The predicted molar refractivity (Wildman–Crippen MR) is 62.2 cm³/mol. The molecule has 0 spiro atoms. The summed E-state index contributed by atoms with van der Waals surface area (Å²) < 4.78 is 10.2. The molecule has 1 heterocycles. The lowest BCUT2D eigenvalue weighted by molar-refractivity contribution is -0.145. The number of ether oxygens (including phenoxy) is 2. The Hall–Kier alpha value is -0.870. The van der Waals surface area contributed by atoms with Gasteiger partial charge in [-0.1, -0.05) is 5.57 Å². The van der Waals surface area contributed by atoms with Crippen molar-refractivity contribution in [1.82, 2.24) is 4.90 Å². The Morgan fingerprint density at radius 3 is 3.00 bits per heavy atom. The molecular weight excluding hydrogens is 206 g/mol. The van der Waals surface area contributed by atoms with Crippen LogP contribution in [0.25, 0.3) is 0 Å². The lowest BCUT2D eigenvalue weighted by atomic mass is 10.2. The lowest BCUT2D eigenvalue weighted by Gasteiger charge is -2.32. The molecule has 0 aromatic rings. The van der Waals surface area contributed by atoms with Crippen molar-refractivity contribution < 1.29 is 14.3 Å². The molecule has 0 bridgehead atoms. The summed E-state index contributed by atoms with van der Waals surface area (Å²) >= 11 is 0. The van der Waals surface area contributed by atoms with Crippen LogP contribution in [0.5, 0.6) is 0 Å². The van der Waals surface area contributed by atoms with Gasteiger partial charge in [0.25, 0.3) is 0 Å². The van der Waals surface area contributed by atoms with Gasteiger partial charge in [0.15, 0.2) is 0 Å². The van der Waals surface area contributed by atoms with Crippen molar-refractivity contribution in [3.63, 3.8) is 0 Å². The average molecular weight is 227 g/mol. The second-order valence-corrected chi connectivity index (χ2v) is 4.28. The average Bonchev–Trinajstić information content (AvgIpc) is 2.26. The van der Waals surface area contributed by atoms with E-state index in [1.165, 1.54) is 12.7 Å². The molecular formula is C12H21NO3. The minimum Gasteiger partial charge on any atom is -0.469 e. The van der Waals surface area contributed by atoms with Crippen LogP contribution in [0.3, 0.4) is 0 Å². The maximum atomic E-state index is 11.1. The van der Waals surface area contributed by atoms with E-state index in [9.17, 15) is 4.79 Å². The first-order valence-corrected chi connectivity index (χ1v) is 5.67. The summed E-state index contributed by atoms with van der Waals surface area (Å²) in [5.41, 5.74) is 1.19. The largest absolute Gasteiger partial charge is 0.469 e. The molecule has 0 unspecified atom stereocenters. The Kier molecular flexibility index (Phi) is 5.49. The van der Waals surface area contributed by atoms with E-state index in [0.717, 1.165) is 26.1 Å². The third kappa shape index (κ3) is 4.77. The summed E-state index contributed by atoms with van der Waals surface area (Å²) in [6.07, 6.45) is 1.33. The van der Waals surface area contributed by atoms with Crippen molar-refractivity contribution in [1.29, 1.82) is 0 Å². The van der Waals surface area contributed by atoms with Crippen LogP contribution >= 0.6 is 0 Å². The molecule has 0 amide bonds. The molecule has 0 radical (unpaired) electrons. The highest BCUT2D eigenvalue weighted by Crippen LogP contribution is 2.10. The van der Waals surface area contributed by atoms with Crippen LogP contribution in [0.15, 0.2) is 12.2 Å². The standard InChI is InChI=1S/C12H21NO3/c1-10(2)4-5-13-6-7-16-11(9-13)8-12(14)15-3/h11H,1,4-9H2,2-3H3/t11-/m1/s1. The van der Waals surface area contributed by atoms with E-state index < -0.39 is 0 Å². The molecule has 0 saturated carbocycles. The van der Waals surface area contributed by atoms with Gasteiger partial charge in [-0.3, -0.25) is 9.69 Å². The third-order valence-electron chi connectivity index (χ3n) is 2.70. The molecule has 1 aliphatic heterocycles. The van der Waals surface area contributed by atoms with Crippen LogP contribution in [0.4, 0.5) is 0 Å². The number of rotatable bonds is 5. The van der Waals surface area contributed by atoms with Gasteiger partial charge in [-0.15, -0.1) is 6.58 Å². The second-order valence-electron chi connectivity index (χ2n) is 4.28. The van der Waals surface area contributed by atoms with Crippen molar-refractivity contribution in [3.8, 4) is 0 Å². The van der Waals surface area contributed by atoms with Gasteiger partial charge in [0.1, 0.15) is 0 Å². The molecule has 0 aromatic heterocycles. The fourth-order valence-electron chi connectivity index (χ4n) is 1.73. The van der Waals surface area contributed by atoms with Crippen molar-refractivity contribution in [2.75, 3.05) is 33.4 Å². The molecule has 4 heteroatoms. The Morgan fingerprint density at radius 1 is 1.62 bits per heavy atom. The van der Waals surface area contributed by atoms with E-state index in [1.54, 1.807) is 0 Å². The summed E-state index contributed by atoms with van der Waals surface area (Å²) in [5.74, 6) is -0.202. The highest BCUT2D eigenvalue weighted by Gasteiger charge is 2.22. The molecule has 0 aromatic carbocycles. The van der Waals surface area contributed by atoms with E-state index >= 15 is 0 Å². The number of carbonyl (C=O) groups is 1. The summed E-state index contributed by atoms with van der Waals surface area (Å²) in [6.45, 7) is 9.35. The Bertz CT molecular complexity index is 253. The normalized spacial score (nSPS) is 21.8. The van der Waals surface area contributed by atoms with Crippen LogP contribution in [0.2, 0.25) is 0 Å². The van der Waals surface area contributed by atoms with Gasteiger partial charge >= 0.3 is 5.97 Å². The van der Waals surface area contributed by atoms with Crippen LogP contribution in [0.1, 0.15) is 19.8 Å². The summed E-state index contributed by atoms with van der Waals surface area (Å²) in [5, 5.41) is 0. The number of nitrogens with zero attached hydrogens (tertiary/aromatic N) is 1. The van der Waals surface area contributed by atoms with E-state index in [4.69, 9.17) is 4.74 Å². The molecule has 1 fully saturated rings. The Morgan fingerprint density at radius 2 is 2.38 bits per heavy atom. The van der Waals surface area contributed by atoms with Gasteiger partial charge in [0.2, 0.25) is 0 Å². The van der Waals surface area contributed by atoms with Gasteiger partial charge < -0.3 is 9.47 Å². The van der Waals surface area contributed by atoms with Crippen LogP contribution < -0.4 is 0 Å². The van der Waals surface area contributed by atoms with Crippen molar-refractivity contribution in [3.05, 3.63) is 12.2 Å². The molecule has 1 atom stereocenters. The molecule has 92 valence electrons. The number of hydrogen-bond acceptors (Lipinski definition) is 4. The summed E-state index contributed by atoms with van der Waals surface area (Å²) in [4.78, 5) is 13.4. The van der Waals surface area contributed by atoms with Gasteiger partial charge in [-0.25, -0.2) is 0 Å². The van der Waals surface area contributed by atoms with Gasteiger partial charge in [-0.05, 0) is 13.3 Å². The zero-order chi connectivity index (χ0) is 12.0. The highest BCUT2D eigenvalue weighted by molar-refractivity contribution is 5.69. The number of methoxy groups -OCH3 is 1. The van der Waals surface area contributed by atoms with Gasteiger partial charge in [0.05, 0.1) is 26.2 Å². The maximum absolute atomic E-state index is 11.1. The molecule has 16 heavy (non-hydrogen) atoms. The number of hydrogen-bond donors (Lipinski definition) is 0. The Labute approximate surface area is 97.2 Å². The zero-order valence-corrected chi connectivity index (χ0v) is 10.2. The van der Waals surface area contributed by atoms with Crippen LogP contribution in [-0.2, 0) is 14.3 Å². The quantitative estimate of drug-likeness (QED) is 0.523. The molecule has 0 N–H and O–H groups in total. The second kappa shape index (κ2) is 6.66. The first kappa shape index (κ1) is 13.2. The van der Waals surface area contributed by atoms with Gasteiger partial charge in [-0.2, -0.15) is 0 Å². The van der Waals surface area contributed by atoms with Crippen molar-refractivity contribution in [2.24, 2.45) is 0 Å². The summed E-state index contributed by atoms with van der Waals surface area (Å²) in [7, 11) is 1.41. The first-order chi connectivity index (χ1) is 7.61. The first-order valence-electron chi connectivity index (χ1n) is 5.67. The third-order valence-corrected chi connectivity index (χ3v) is 2.70. The molecule has 1 aliphatic rings. The molecule has 1 saturated heterocycles. The molecule has 4 nitrogen and oxygen atoms in total. The smallest absolute Gasteiger partial charge is 0.308 e. The fraction of sp³-hybridized carbons (Fsp3) is 0.750. The van der Waals surface area contributed by atoms with E-state index in [0.29, 0.717) is 13.0 Å². The number of morpholine rings is 1. The van der Waals surface area contributed by atoms with Crippen molar-refractivity contribution >= 4 is 5.97 Å². The minimum absolute atomic E-state index is 0.0219. The maximum Gasteiger partial charge on any atom is 0.308 e. The number of esters is 1. The van der Waals surface area contributed by atoms with E-state index in [-0.39, 0.29) is 12.1 Å². The summed E-state index contributed by atoms with van der Waals surface area (Å²) in [6, 6.07) is 0. The topological polar surface area (TPSA) is 38.8 Å². The number of carbonyl (C=O) groups excluding carboxylic acids is 1. The van der Waals surface area contributed by atoms with Gasteiger partial charge in [0, 0.05) is 19.6 Å². The molecule has 0 aliphatic carbocycles. The minimum atomic E-state index is -0.202. The molecule has 1 rings (SSSR count). The zero-order valence-electron chi connectivity index (χ0n) is 10.2. The SMILES string of the molecule is C=C(C)CCN1CCO[C@H](CC(=O)OC)C1. The van der Waals surface area contributed by atoms with Crippen LogP contribution in [0, 0.1) is 0 Å². The predicted octanol–water partition coefficient (Wildman–Crippen LogP) is 1.22. The fourth-order valence-corrected chi connectivity index (χ4v) is 1.73. The van der Waals surface area contributed by atoms with Crippen LogP contribution in [-0.4, -0.2) is 50.3 Å². The van der Waals surface area contributed by atoms with E-state index in [1.807, 2.05) is 6.92 Å². The lowest BCUT2D eigenvalue weighted by Crippen LogP contribution is -2.43. The Balaban J connectivity index is 2.29. The van der Waals surface area contributed by atoms with E-state index in [2.05, 4.69) is 16.2 Å². The van der Waals surface area contributed by atoms with Crippen molar-refractivity contribution in [2.45, 2.75) is 25.9 Å².